The third-order valence-corrected chi connectivity index (χ3v) is 3.95. The van der Waals surface area contributed by atoms with Crippen LogP contribution in [0.2, 0.25) is 0 Å². The van der Waals surface area contributed by atoms with Crippen molar-refractivity contribution >= 4 is 5.69 Å². The summed E-state index contributed by atoms with van der Waals surface area (Å²) in [6.45, 7) is 13.8. The highest BCUT2D eigenvalue weighted by molar-refractivity contribution is 5.59. The van der Waals surface area contributed by atoms with Gasteiger partial charge in [-0.15, -0.1) is 0 Å². The Morgan fingerprint density at radius 3 is 2.12 bits per heavy atom. The van der Waals surface area contributed by atoms with Crippen LogP contribution in [0.25, 0.3) is 0 Å². The predicted octanol–water partition coefficient (Wildman–Crippen LogP) is 4.20. The fraction of sp³-hybridized carbons (Fsp3) is 0.625. The van der Waals surface area contributed by atoms with Crippen LogP contribution in [0.4, 0.5) is 5.69 Å². The van der Waals surface area contributed by atoms with Gasteiger partial charge in [-0.3, -0.25) is 0 Å². The summed E-state index contributed by atoms with van der Waals surface area (Å²) in [6.07, 6.45) is 2.69. The number of hydrogen-bond donors (Lipinski definition) is 0. The zero-order chi connectivity index (χ0) is 12.6. The van der Waals surface area contributed by atoms with Gasteiger partial charge in [-0.1, -0.05) is 26.8 Å². The fourth-order valence-electron chi connectivity index (χ4n) is 2.56. The average Bonchev–Trinajstić information content (AvgIpc) is 2.73. The summed E-state index contributed by atoms with van der Waals surface area (Å²) in [6, 6.07) is 4.77. The summed E-state index contributed by atoms with van der Waals surface area (Å²) in [5.41, 5.74) is 6.06. The molecule has 0 unspecified atom stereocenters. The van der Waals surface area contributed by atoms with E-state index in [1.807, 2.05) is 0 Å². The molecule has 94 valence electrons. The molecule has 0 saturated carbocycles. The summed E-state index contributed by atoms with van der Waals surface area (Å²) in [4.78, 5) is 2.55. The molecular weight excluding hydrogens is 206 g/mol. The zero-order valence-electron chi connectivity index (χ0n) is 11.9. The second-order valence-corrected chi connectivity index (χ2v) is 6.38. The second-order valence-electron chi connectivity index (χ2n) is 6.38. The maximum atomic E-state index is 2.55. The van der Waals surface area contributed by atoms with Crippen molar-refractivity contribution in [2.45, 2.75) is 52.9 Å². The van der Waals surface area contributed by atoms with Crippen LogP contribution in [-0.2, 0) is 5.41 Å². The Hall–Kier alpha value is -0.980. The van der Waals surface area contributed by atoms with E-state index in [4.69, 9.17) is 0 Å². The van der Waals surface area contributed by atoms with Crippen LogP contribution >= 0.6 is 0 Å². The molecule has 0 aliphatic carbocycles. The highest BCUT2D eigenvalue weighted by Crippen LogP contribution is 2.32. The topological polar surface area (TPSA) is 3.24 Å². The van der Waals surface area contributed by atoms with Gasteiger partial charge in [0.25, 0.3) is 0 Å². The Morgan fingerprint density at radius 2 is 1.59 bits per heavy atom. The standard InChI is InChI=1S/C16H25N/c1-12-10-14(16(3,4)5)11-15(13(12)2)17-8-6-7-9-17/h10-11H,6-9H2,1-5H3. The van der Waals surface area contributed by atoms with E-state index in [0.29, 0.717) is 0 Å². The molecule has 1 aliphatic rings. The molecule has 1 fully saturated rings. The molecule has 1 aromatic carbocycles. The molecule has 1 heteroatoms. The number of anilines is 1. The Labute approximate surface area is 106 Å². The monoisotopic (exact) mass is 231 g/mol. The first-order valence-corrected chi connectivity index (χ1v) is 6.76. The second kappa shape index (κ2) is 4.36. The molecule has 1 aromatic rings. The smallest absolute Gasteiger partial charge is 0.0401 e. The van der Waals surface area contributed by atoms with Crippen molar-refractivity contribution in [3.8, 4) is 0 Å². The third-order valence-electron chi connectivity index (χ3n) is 3.95. The number of nitrogens with zero attached hydrogens (tertiary/aromatic N) is 1. The lowest BCUT2D eigenvalue weighted by Crippen LogP contribution is -2.21. The predicted molar refractivity (Wildman–Crippen MR) is 76.1 cm³/mol. The Bertz CT molecular complexity index is 406. The van der Waals surface area contributed by atoms with Gasteiger partial charge in [0.2, 0.25) is 0 Å². The van der Waals surface area contributed by atoms with Crippen molar-refractivity contribution in [2.75, 3.05) is 18.0 Å². The molecule has 1 nitrogen and oxygen atoms in total. The van der Waals surface area contributed by atoms with Crippen molar-refractivity contribution in [1.82, 2.24) is 0 Å². The normalized spacial score (nSPS) is 16.6. The molecule has 17 heavy (non-hydrogen) atoms. The van der Waals surface area contributed by atoms with Crippen LogP contribution in [0.15, 0.2) is 12.1 Å². The Kier molecular flexibility index (Phi) is 3.20. The van der Waals surface area contributed by atoms with Crippen molar-refractivity contribution < 1.29 is 0 Å². The molecule has 1 saturated heterocycles. The van der Waals surface area contributed by atoms with Crippen molar-refractivity contribution in [3.05, 3.63) is 28.8 Å². The minimum absolute atomic E-state index is 0.243. The first kappa shape index (κ1) is 12.5. The molecule has 0 radical (unpaired) electrons. The van der Waals surface area contributed by atoms with E-state index in [1.165, 1.54) is 48.3 Å². The zero-order valence-corrected chi connectivity index (χ0v) is 11.9. The molecule has 0 atom stereocenters. The first-order valence-electron chi connectivity index (χ1n) is 6.76. The molecule has 1 heterocycles. The van der Waals surface area contributed by atoms with Gasteiger partial charge < -0.3 is 4.90 Å². The number of benzene rings is 1. The fourth-order valence-corrected chi connectivity index (χ4v) is 2.56. The van der Waals surface area contributed by atoms with Crippen LogP contribution in [0.1, 0.15) is 50.3 Å². The maximum Gasteiger partial charge on any atom is 0.0401 e. The summed E-state index contributed by atoms with van der Waals surface area (Å²) in [5.74, 6) is 0. The van der Waals surface area contributed by atoms with E-state index in [2.05, 4.69) is 51.7 Å². The average molecular weight is 231 g/mol. The quantitative estimate of drug-likeness (QED) is 0.700. The molecule has 0 bridgehead atoms. The Morgan fingerprint density at radius 1 is 1.00 bits per heavy atom. The van der Waals surface area contributed by atoms with Gasteiger partial charge in [-0.25, -0.2) is 0 Å². The van der Waals surface area contributed by atoms with Crippen LogP contribution in [0.3, 0.4) is 0 Å². The van der Waals surface area contributed by atoms with Gasteiger partial charge in [0.05, 0.1) is 0 Å². The van der Waals surface area contributed by atoms with Gasteiger partial charge in [-0.05, 0) is 54.9 Å². The lowest BCUT2D eigenvalue weighted by molar-refractivity contribution is 0.589. The van der Waals surface area contributed by atoms with Crippen molar-refractivity contribution in [1.29, 1.82) is 0 Å². The van der Waals surface area contributed by atoms with Gasteiger partial charge in [0.1, 0.15) is 0 Å². The van der Waals surface area contributed by atoms with E-state index in [0.717, 1.165) is 0 Å². The lowest BCUT2D eigenvalue weighted by Gasteiger charge is -2.26. The molecule has 0 amide bonds. The highest BCUT2D eigenvalue weighted by Gasteiger charge is 2.20. The maximum absolute atomic E-state index is 2.55. The third kappa shape index (κ3) is 2.48. The highest BCUT2D eigenvalue weighted by atomic mass is 15.1. The summed E-state index contributed by atoms with van der Waals surface area (Å²) in [7, 11) is 0. The summed E-state index contributed by atoms with van der Waals surface area (Å²) >= 11 is 0. The van der Waals surface area contributed by atoms with Crippen molar-refractivity contribution in [3.63, 3.8) is 0 Å². The summed E-state index contributed by atoms with van der Waals surface area (Å²) < 4.78 is 0. The Balaban J connectivity index is 2.46. The molecule has 1 aliphatic heterocycles. The number of hydrogen-bond acceptors (Lipinski definition) is 1. The first-order chi connectivity index (χ1) is 7.89. The SMILES string of the molecule is Cc1cc(C(C)(C)C)cc(N2CCCC2)c1C. The van der Waals surface area contributed by atoms with Gasteiger partial charge in [0.15, 0.2) is 0 Å². The minimum Gasteiger partial charge on any atom is -0.371 e. The number of aryl methyl sites for hydroxylation is 1. The van der Waals surface area contributed by atoms with E-state index in [9.17, 15) is 0 Å². The molecule has 0 N–H and O–H groups in total. The van der Waals surface area contributed by atoms with Crippen LogP contribution < -0.4 is 4.90 Å². The van der Waals surface area contributed by atoms with E-state index in [1.54, 1.807) is 0 Å². The van der Waals surface area contributed by atoms with E-state index < -0.39 is 0 Å². The van der Waals surface area contributed by atoms with E-state index >= 15 is 0 Å². The number of rotatable bonds is 1. The minimum atomic E-state index is 0.243. The van der Waals surface area contributed by atoms with Crippen molar-refractivity contribution in [2.24, 2.45) is 0 Å². The van der Waals surface area contributed by atoms with Gasteiger partial charge >= 0.3 is 0 Å². The lowest BCUT2D eigenvalue weighted by atomic mass is 9.84. The molecule has 2 rings (SSSR count). The molecule has 0 spiro atoms. The van der Waals surface area contributed by atoms with Crippen LogP contribution in [0, 0.1) is 13.8 Å². The van der Waals surface area contributed by atoms with Gasteiger partial charge in [0, 0.05) is 18.8 Å². The summed E-state index contributed by atoms with van der Waals surface area (Å²) in [5, 5.41) is 0. The van der Waals surface area contributed by atoms with Crippen LogP contribution in [0.5, 0.6) is 0 Å². The van der Waals surface area contributed by atoms with Crippen LogP contribution in [-0.4, -0.2) is 13.1 Å². The van der Waals surface area contributed by atoms with Gasteiger partial charge in [-0.2, -0.15) is 0 Å². The van der Waals surface area contributed by atoms with E-state index in [-0.39, 0.29) is 5.41 Å². The largest absolute Gasteiger partial charge is 0.371 e. The molecule has 0 aromatic heterocycles. The molecular formula is C16H25N.